The van der Waals surface area contributed by atoms with Crippen LogP contribution in [0.1, 0.15) is 48.5 Å². The lowest BCUT2D eigenvalue weighted by atomic mass is 9.97. The molecule has 4 nitrogen and oxygen atoms in total. The molecule has 0 radical (unpaired) electrons. The van der Waals surface area contributed by atoms with Crippen molar-refractivity contribution in [2.75, 3.05) is 0 Å². The van der Waals surface area contributed by atoms with Crippen molar-refractivity contribution < 1.29 is 4.79 Å². The van der Waals surface area contributed by atoms with Gasteiger partial charge >= 0.3 is 4.87 Å². The molecule has 2 atom stereocenters. The molecule has 1 aromatic rings. The summed E-state index contributed by atoms with van der Waals surface area (Å²) in [5.74, 6) is 0.00514. The average molecular weight is 254 g/mol. The Morgan fingerprint density at radius 2 is 1.94 bits per heavy atom. The third-order valence-electron chi connectivity index (χ3n) is 3.45. The molecule has 2 rings (SSSR count). The van der Waals surface area contributed by atoms with Crippen LogP contribution in [0.3, 0.4) is 0 Å². The number of aryl methyl sites for hydroxylation is 1. The fourth-order valence-electron chi connectivity index (χ4n) is 2.55. The minimum atomic E-state index is -0.150. The first-order valence-electron chi connectivity index (χ1n) is 6.03. The summed E-state index contributed by atoms with van der Waals surface area (Å²) in [5, 5.41) is 0. The smallest absolute Gasteiger partial charge is 0.305 e. The fourth-order valence-corrected chi connectivity index (χ4v) is 3.33. The first kappa shape index (κ1) is 12.4. The average Bonchev–Trinajstić information content (AvgIpc) is 2.57. The molecule has 1 saturated heterocycles. The molecule has 1 N–H and O–H groups in total. The van der Waals surface area contributed by atoms with Crippen LogP contribution in [0.5, 0.6) is 0 Å². The molecule has 0 saturated carbocycles. The number of piperidine rings is 1. The first-order valence-corrected chi connectivity index (χ1v) is 6.84. The van der Waals surface area contributed by atoms with Gasteiger partial charge in [0.25, 0.3) is 5.91 Å². The van der Waals surface area contributed by atoms with Gasteiger partial charge < -0.3 is 9.88 Å². The second kappa shape index (κ2) is 4.64. The fraction of sp³-hybridized carbons (Fsp3) is 0.667. The SMILES string of the molecule is Cc1[nH]c(=O)sc1C(=O)N1C(C)CCCC1C. The molecule has 5 heteroatoms. The Hall–Kier alpha value is -1.10. The summed E-state index contributed by atoms with van der Waals surface area (Å²) >= 11 is 1.02. The molecular weight excluding hydrogens is 236 g/mol. The Morgan fingerprint density at radius 1 is 1.35 bits per heavy atom. The molecule has 0 aromatic carbocycles. The Labute approximate surface area is 105 Å². The van der Waals surface area contributed by atoms with Crippen LogP contribution in [-0.2, 0) is 0 Å². The van der Waals surface area contributed by atoms with Crippen molar-refractivity contribution in [1.29, 1.82) is 0 Å². The van der Waals surface area contributed by atoms with Gasteiger partial charge in [0, 0.05) is 17.8 Å². The van der Waals surface area contributed by atoms with Crippen LogP contribution in [0.25, 0.3) is 0 Å². The van der Waals surface area contributed by atoms with Crippen molar-refractivity contribution in [2.45, 2.75) is 52.1 Å². The van der Waals surface area contributed by atoms with E-state index in [0.717, 1.165) is 24.2 Å². The van der Waals surface area contributed by atoms with E-state index in [1.165, 1.54) is 6.42 Å². The number of H-pyrrole nitrogens is 1. The molecule has 0 spiro atoms. The van der Waals surface area contributed by atoms with Crippen molar-refractivity contribution >= 4 is 17.2 Å². The zero-order valence-electron chi connectivity index (χ0n) is 10.4. The molecule has 2 heterocycles. The largest absolute Gasteiger partial charge is 0.332 e. The molecule has 17 heavy (non-hydrogen) atoms. The summed E-state index contributed by atoms with van der Waals surface area (Å²) in [7, 11) is 0. The quantitative estimate of drug-likeness (QED) is 0.835. The summed E-state index contributed by atoms with van der Waals surface area (Å²) in [6.07, 6.45) is 3.28. The van der Waals surface area contributed by atoms with E-state index >= 15 is 0 Å². The number of likely N-dealkylation sites (tertiary alicyclic amines) is 1. The van der Waals surface area contributed by atoms with Crippen LogP contribution >= 0.6 is 11.3 Å². The molecule has 1 aromatic heterocycles. The van der Waals surface area contributed by atoms with Crippen LogP contribution in [0, 0.1) is 6.92 Å². The number of hydrogen-bond donors (Lipinski definition) is 1. The summed E-state index contributed by atoms with van der Waals surface area (Å²) in [4.78, 5) is 28.7. The standard InChI is InChI=1S/C12H18N2O2S/c1-7-5-4-6-8(2)14(7)11(15)10-9(3)13-12(16)17-10/h7-8H,4-6H2,1-3H3,(H,13,16). The van der Waals surface area contributed by atoms with Gasteiger partial charge in [-0.25, -0.2) is 0 Å². The van der Waals surface area contributed by atoms with Gasteiger partial charge in [-0.1, -0.05) is 11.3 Å². The van der Waals surface area contributed by atoms with E-state index in [9.17, 15) is 9.59 Å². The highest BCUT2D eigenvalue weighted by molar-refractivity contribution is 7.11. The normalized spacial score (nSPS) is 25.0. The van der Waals surface area contributed by atoms with Crippen molar-refractivity contribution in [2.24, 2.45) is 0 Å². The maximum absolute atomic E-state index is 12.4. The number of nitrogens with one attached hydrogen (secondary N) is 1. The number of carbonyl (C=O) groups is 1. The van der Waals surface area contributed by atoms with Crippen molar-refractivity contribution in [3.63, 3.8) is 0 Å². The van der Waals surface area contributed by atoms with Gasteiger partial charge in [-0.05, 0) is 40.0 Å². The molecule has 1 aliphatic heterocycles. The van der Waals surface area contributed by atoms with Crippen molar-refractivity contribution in [1.82, 2.24) is 9.88 Å². The maximum atomic E-state index is 12.4. The van der Waals surface area contributed by atoms with Gasteiger partial charge in [0.15, 0.2) is 0 Å². The molecule has 1 fully saturated rings. The summed E-state index contributed by atoms with van der Waals surface area (Å²) in [5.41, 5.74) is 0.690. The van der Waals surface area contributed by atoms with Crippen LogP contribution < -0.4 is 4.87 Å². The number of aromatic amines is 1. The number of nitrogens with zero attached hydrogens (tertiary/aromatic N) is 1. The van der Waals surface area contributed by atoms with E-state index in [1.54, 1.807) is 6.92 Å². The van der Waals surface area contributed by atoms with Crippen molar-refractivity contribution in [3.8, 4) is 0 Å². The Balaban J connectivity index is 2.30. The van der Waals surface area contributed by atoms with E-state index < -0.39 is 0 Å². The summed E-state index contributed by atoms with van der Waals surface area (Å²) < 4.78 is 0. The third kappa shape index (κ3) is 2.29. The van der Waals surface area contributed by atoms with E-state index in [2.05, 4.69) is 18.8 Å². The topological polar surface area (TPSA) is 53.2 Å². The second-order valence-electron chi connectivity index (χ2n) is 4.81. The minimum Gasteiger partial charge on any atom is -0.332 e. The van der Waals surface area contributed by atoms with Crippen LogP contribution in [0.15, 0.2) is 4.79 Å². The van der Waals surface area contributed by atoms with Crippen LogP contribution in [-0.4, -0.2) is 27.9 Å². The highest BCUT2D eigenvalue weighted by Gasteiger charge is 2.31. The second-order valence-corrected chi connectivity index (χ2v) is 5.79. The lowest BCUT2D eigenvalue weighted by Crippen LogP contribution is -2.47. The molecule has 94 valence electrons. The third-order valence-corrected chi connectivity index (χ3v) is 4.42. The van der Waals surface area contributed by atoms with Gasteiger partial charge in [0.2, 0.25) is 0 Å². The highest BCUT2D eigenvalue weighted by Crippen LogP contribution is 2.25. The maximum Gasteiger partial charge on any atom is 0.305 e. The van der Waals surface area contributed by atoms with Crippen molar-refractivity contribution in [3.05, 3.63) is 20.2 Å². The molecule has 0 bridgehead atoms. The number of aromatic nitrogens is 1. The monoisotopic (exact) mass is 254 g/mol. The molecule has 1 aliphatic rings. The lowest BCUT2D eigenvalue weighted by molar-refractivity contribution is 0.0515. The number of hydrogen-bond acceptors (Lipinski definition) is 3. The number of thiazole rings is 1. The predicted octanol–water partition coefficient (Wildman–Crippen LogP) is 2.15. The predicted molar refractivity (Wildman–Crippen MR) is 68.6 cm³/mol. The Morgan fingerprint density at radius 3 is 2.41 bits per heavy atom. The van der Waals surface area contributed by atoms with E-state index in [1.807, 2.05) is 4.90 Å². The minimum absolute atomic E-state index is 0.00514. The first-order chi connectivity index (χ1) is 8.00. The van der Waals surface area contributed by atoms with Gasteiger partial charge in [-0.3, -0.25) is 9.59 Å². The molecular formula is C12H18N2O2S. The van der Waals surface area contributed by atoms with Crippen LogP contribution in [0.4, 0.5) is 0 Å². The number of carbonyl (C=O) groups excluding carboxylic acids is 1. The lowest BCUT2D eigenvalue weighted by Gasteiger charge is -2.38. The van der Waals surface area contributed by atoms with Gasteiger partial charge in [0.05, 0.1) is 0 Å². The van der Waals surface area contributed by atoms with E-state index in [-0.39, 0.29) is 22.9 Å². The Kier molecular flexibility index (Phi) is 3.38. The van der Waals surface area contributed by atoms with E-state index in [4.69, 9.17) is 0 Å². The van der Waals surface area contributed by atoms with Gasteiger partial charge in [-0.2, -0.15) is 0 Å². The Bertz CT molecular complexity index is 467. The van der Waals surface area contributed by atoms with Crippen LogP contribution in [0.2, 0.25) is 0 Å². The van der Waals surface area contributed by atoms with E-state index in [0.29, 0.717) is 10.6 Å². The number of rotatable bonds is 1. The summed E-state index contributed by atoms with van der Waals surface area (Å²) in [6, 6.07) is 0.533. The molecule has 2 unspecified atom stereocenters. The highest BCUT2D eigenvalue weighted by atomic mass is 32.1. The zero-order valence-corrected chi connectivity index (χ0v) is 11.3. The summed E-state index contributed by atoms with van der Waals surface area (Å²) in [6.45, 7) is 5.95. The van der Waals surface area contributed by atoms with Gasteiger partial charge in [0.1, 0.15) is 4.88 Å². The molecule has 0 aliphatic carbocycles. The van der Waals surface area contributed by atoms with Gasteiger partial charge in [-0.15, -0.1) is 0 Å². The number of amides is 1. The molecule has 1 amide bonds. The zero-order chi connectivity index (χ0) is 12.6.